The third-order valence-corrected chi connectivity index (χ3v) is 3.33. The van der Waals surface area contributed by atoms with Gasteiger partial charge in [0.15, 0.2) is 0 Å². The number of benzene rings is 1. The highest BCUT2D eigenvalue weighted by Crippen LogP contribution is 2.19. The molecule has 96 valence electrons. The molecule has 0 aliphatic heterocycles. The van der Waals surface area contributed by atoms with Gasteiger partial charge in [0, 0.05) is 19.3 Å². The first kappa shape index (κ1) is 12.8. The van der Waals surface area contributed by atoms with Gasteiger partial charge >= 0.3 is 0 Å². The van der Waals surface area contributed by atoms with Crippen LogP contribution in [0.5, 0.6) is 0 Å². The molecule has 1 N–H and O–H groups in total. The molecule has 0 aliphatic rings. The van der Waals surface area contributed by atoms with Crippen molar-refractivity contribution in [3.8, 4) is 0 Å². The van der Waals surface area contributed by atoms with Crippen LogP contribution in [-0.4, -0.2) is 16.6 Å². The van der Waals surface area contributed by atoms with Crippen LogP contribution in [-0.2, 0) is 13.1 Å². The van der Waals surface area contributed by atoms with Gasteiger partial charge in [-0.1, -0.05) is 37.3 Å². The molecule has 18 heavy (non-hydrogen) atoms. The zero-order valence-corrected chi connectivity index (χ0v) is 11.1. The summed E-state index contributed by atoms with van der Waals surface area (Å²) in [6, 6.07) is 10.7. The van der Waals surface area contributed by atoms with Gasteiger partial charge in [0.1, 0.15) is 0 Å². The van der Waals surface area contributed by atoms with Crippen molar-refractivity contribution in [3.05, 3.63) is 54.1 Å². The highest BCUT2D eigenvalue weighted by Gasteiger charge is 2.06. The Morgan fingerprint density at radius 2 is 2.06 bits per heavy atom. The van der Waals surface area contributed by atoms with Crippen LogP contribution in [0.25, 0.3) is 0 Å². The Hall–Kier alpha value is -1.61. The van der Waals surface area contributed by atoms with E-state index >= 15 is 0 Å². The Morgan fingerprint density at radius 1 is 1.28 bits per heavy atom. The molecule has 0 saturated heterocycles. The van der Waals surface area contributed by atoms with Crippen molar-refractivity contribution in [2.45, 2.75) is 32.4 Å². The molecule has 0 bridgehead atoms. The Bertz CT molecular complexity index is 462. The summed E-state index contributed by atoms with van der Waals surface area (Å²) in [5.41, 5.74) is 2.66. The smallest absolute Gasteiger partial charge is 0.0948 e. The molecular weight excluding hydrogens is 222 g/mol. The second-order valence-electron chi connectivity index (χ2n) is 4.71. The fourth-order valence-corrected chi connectivity index (χ4v) is 2.16. The minimum Gasteiger partial charge on any atom is -0.333 e. The SMILES string of the molecule is CNCc1cncn1CCC(C)c1ccccc1. The number of aryl methyl sites for hydroxylation is 1. The molecule has 0 radical (unpaired) electrons. The predicted octanol–water partition coefficient (Wildman–Crippen LogP) is 2.80. The Labute approximate surface area is 109 Å². The molecule has 3 nitrogen and oxygen atoms in total. The summed E-state index contributed by atoms with van der Waals surface area (Å²) in [6.07, 6.45) is 4.99. The first-order valence-corrected chi connectivity index (χ1v) is 6.50. The third kappa shape index (κ3) is 3.20. The lowest BCUT2D eigenvalue weighted by molar-refractivity contribution is 0.554. The van der Waals surface area contributed by atoms with E-state index in [1.54, 1.807) is 0 Å². The average Bonchev–Trinajstić information content (AvgIpc) is 2.85. The van der Waals surface area contributed by atoms with Crippen LogP contribution in [0.1, 0.15) is 30.5 Å². The molecule has 0 amide bonds. The minimum atomic E-state index is 0.580. The Kier molecular flexibility index (Phi) is 4.53. The number of imidazole rings is 1. The highest BCUT2D eigenvalue weighted by atomic mass is 15.1. The van der Waals surface area contributed by atoms with Gasteiger partial charge in [0.25, 0.3) is 0 Å². The molecule has 1 unspecified atom stereocenters. The second-order valence-corrected chi connectivity index (χ2v) is 4.71. The molecule has 1 aromatic carbocycles. The van der Waals surface area contributed by atoms with Crippen molar-refractivity contribution in [3.63, 3.8) is 0 Å². The zero-order chi connectivity index (χ0) is 12.8. The summed E-state index contributed by atoms with van der Waals surface area (Å²) in [6.45, 7) is 4.18. The Balaban J connectivity index is 1.93. The van der Waals surface area contributed by atoms with Crippen molar-refractivity contribution in [1.29, 1.82) is 0 Å². The largest absolute Gasteiger partial charge is 0.333 e. The number of aromatic nitrogens is 2. The molecule has 0 saturated carbocycles. The molecule has 0 fully saturated rings. The molecule has 0 spiro atoms. The van der Waals surface area contributed by atoms with Gasteiger partial charge in [-0.2, -0.15) is 0 Å². The van der Waals surface area contributed by atoms with E-state index < -0.39 is 0 Å². The van der Waals surface area contributed by atoms with E-state index in [-0.39, 0.29) is 0 Å². The maximum Gasteiger partial charge on any atom is 0.0948 e. The van der Waals surface area contributed by atoms with Gasteiger partial charge < -0.3 is 9.88 Å². The summed E-state index contributed by atoms with van der Waals surface area (Å²) in [5, 5.41) is 3.17. The monoisotopic (exact) mass is 243 g/mol. The molecule has 1 heterocycles. The minimum absolute atomic E-state index is 0.580. The summed E-state index contributed by atoms with van der Waals surface area (Å²) in [7, 11) is 1.96. The number of hydrogen-bond acceptors (Lipinski definition) is 2. The average molecular weight is 243 g/mol. The summed E-state index contributed by atoms with van der Waals surface area (Å²) < 4.78 is 2.23. The van der Waals surface area contributed by atoms with Crippen molar-refractivity contribution in [2.24, 2.45) is 0 Å². The lowest BCUT2D eigenvalue weighted by atomic mass is 9.98. The van der Waals surface area contributed by atoms with E-state index in [4.69, 9.17) is 0 Å². The van der Waals surface area contributed by atoms with Crippen LogP contribution in [0.4, 0.5) is 0 Å². The van der Waals surface area contributed by atoms with E-state index in [9.17, 15) is 0 Å². The standard InChI is InChI=1S/C15H21N3/c1-13(14-6-4-3-5-7-14)8-9-18-12-17-11-15(18)10-16-2/h3-7,11-13,16H,8-10H2,1-2H3. The van der Waals surface area contributed by atoms with E-state index in [0.717, 1.165) is 19.5 Å². The van der Waals surface area contributed by atoms with E-state index in [2.05, 4.69) is 52.1 Å². The van der Waals surface area contributed by atoms with Gasteiger partial charge in [-0.25, -0.2) is 4.98 Å². The normalized spacial score (nSPS) is 12.6. The first-order chi connectivity index (χ1) is 8.81. The molecule has 2 aromatic rings. The number of nitrogens with zero attached hydrogens (tertiary/aromatic N) is 2. The summed E-state index contributed by atoms with van der Waals surface area (Å²) >= 11 is 0. The highest BCUT2D eigenvalue weighted by molar-refractivity contribution is 5.18. The maximum absolute atomic E-state index is 4.21. The van der Waals surface area contributed by atoms with Crippen LogP contribution in [0, 0.1) is 0 Å². The zero-order valence-electron chi connectivity index (χ0n) is 11.1. The fraction of sp³-hybridized carbons (Fsp3) is 0.400. The third-order valence-electron chi connectivity index (χ3n) is 3.33. The van der Waals surface area contributed by atoms with E-state index in [1.165, 1.54) is 11.3 Å². The van der Waals surface area contributed by atoms with Crippen molar-refractivity contribution in [2.75, 3.05) is 7.05 Å². The van der Waals surface area contributed by atoms with Gasteiger partial charge in [0.05, 0.1) is 12.0 Å². The molecule has 1 aromatic heterocycles. The quantitative estimate of drug-likeness (QED) is 0.845. The lowest BCUT2D eigenvalue weighted by Crippen LogP contribution is -2.11. The summed E-state index contributed by atoms with van der Waals surface area (Å²) in [4.78, 5) is 4.21. The molecule has 2 rings (SSSR count). The predicted molar refractivity (Wildman–Crippen MR) is 74.5 cm³/mol. The Morgan fingerprint density at radius 3 is 2.78 bits per heavy atom. The van der Waals surface area contributed by atoms with E-state index in [0.29, 0.717) is 5.92 Å². The topological polar surface area (TPSA) is 29.9 Å². The van der Waals surface area contributed by atoms with Crippen LogP contribution in [0.3, 0.4) is 0 Å². The van der Waals surface area contributed by atoms with Crippen LogP contribution in [0.15, 0.2) is 42.9 Å². The van der Waals surface area contributed by atoms with Gasteiger partial charge in [-0.15, -0.1) is 0 Å². The number of hydrogen-bond donors (Lipinski definition) is 1. The summed E-state index contributed by atoms with van der Waals surface area (Å²) in [5.74, 6) is 0.580. The number of nitrogens with one attached hydrogen (secondary N) is 1. The fourth-order valence-electron chi connectivity index (χ4n) is 2.16. The lowest BCUT2D eigenvalue weighted by Gasteiger charge is -2.13. The molecule has 0 aliphatic carbocycles. The van der Waals surface area contributed by atoms with Crippen molar-refractivity contribution in [1.82, 2.24) is 14.9 Å². The van der Waals surface area contributed by atoms with Crippen molar-refractivity contribution < 1.29 is 0 Å². The first-order valence-electron chi connectivity index (χ1n) is 6.50. The maximum atomic E-state index is 4.21. The van der Waals surface area contributed by atoms with Crippen LogP contribution >= 0.6 is 0 Å². The van der Waals surface area contributed by atoms with Crippen LogP contribution < -0.4 is 5.32 Å². The van der Waals surface area contributed by atoms with Crippen molar-refractivity contribution >= 4 is 0 Å². The van der Waals surface area contributed by atoms with Crippen LogP contribution in [0.2, 0.25) is 0 Å². The number of rotatable bonds is 6. The van der Waals surface area contributed by atoms with Gasteiger partial charge in [-0.05, 0) is 24.9 Å². The second kappa shape index (κ2) is 6.36. The van der Waals surface area contributed by atoms with Gasteiger partial charge in [0.2, 0.25) is 0 Å². The molecule has 1 atom stereocenters. The molecular formula is C15H21N3. The van der Waals surface area contributed by atoms with E-state index in [1.807, 2.05) is 19.6 Å². The molecule has 3 heteroatoms. The van der Waals surface area contributed by atoms with Gasteiger partial charge in [-0.3, -0.25) is 0 Å².